The summed E-state index contributed by atoms with van der Waals surface area (Å²) < 4.78 is 5.49. The summed E-state index contributed by atoms with van der Waals surface area (Å²) in [5, 5.41) is 5.84. The topological polar surface area (TPSA) is 82.8 Å². The maximum atomic E-state index is 13.1. The van der Waals surface area contributed by atoms with Gasteiger partial charge in [0.05, 0.1) is 6.54 Å². The highest BCUT2D eigenvalue weighted by Gasteiger charge is 2.33. The van der Waals surface area contributed by atoms with Crippen LogP contribution in [0.1, 0.15) is 38.0 Å². The van der Waals surface area contributed by atoms with Crippen LogP contribution >= 0.6 is 0 Å². The van der Waals surface area contributed by atoms with Crippen LogP contribution in [-0.2, 0) is 19.4 Å². The second-order valence-electron chi connectivity index (χ2n) is 9.68. The molecule has 0 spiro atoms. The SMILES string of the molecule is O=C1c2cccc3cccc(c23)C(=O)N1CCN1CCN(Cc2nc(CCc3ccccc3)no2)CC1. The number of aryl methyl sites for hydroxylation is 2. The van der Waals surface area contributed by atoms with Gasteiger partial charge in [-0.05, 0) is 29.5 Å². The molecule has 0 radical (unpaired) electrons. The Hall–Kier alpha value is -3.88. The van der Waals surface area contributed by atoms with E-state index < -0.39 is 0 Å². The van der Waals surface area contributed by atoms with Crippen molar-refractivity contribution in [2.45, 2.75) is 19.4 Å². The number of carbonyl (C=O) groups excluding carboxylic acids is 2. The second-order valence-corrected chi connectivity index (χ2v) is 9.68. The van der Waals surface area contributed by atoms with Gasteiger partial charge >= 0.3 is 0 Å². The summed E-state index contributed by atoms with van der Waals surface area (Å²) >= 11 is 0. The summed E-state index contributed by atoms with van der Waals surface area (Å²) in [6.45, 7) is 5.13. The Bertz CT molecular complexity index is 1380. The molecule has 2 aliphatic heterocycles. The lowest BCUT2D eigenvalue weighted by Gasteiger charge is -2.35. The average Bonchev–Trinajstić information content (AvgIpc) is 3.39. The monoisotopic (exact) mass is 495 g/mol. The van der Waals surface area contributed by atoms with Gasteiger partial charge < -0.3 is 4.52 Å². The molecule has 6 rings (SSSR count). The summed E-state index contributed by atoms with van der Waals surface area (Å²) in [5.74, 6) is 0.985. The zero-order chi connectivity index (χ0) is 25.2. The van der Waals surface area contributed by atoms with E-state index in [0.29, 0.717) is 36.7 Å². The highest BCUT2D eigenvalue weighted by Crippen LogP contribution is 2.29. The van der Waals surface area contributed by atoms with Gasteiger partial charge in [-0.1, -0.05) is 59.8 Å². The van der Waals surface area contributed by atoms with Crippen molar-refractivity contribution in [2.75, 3.05) is 39.3 Å². The summed E-state index contributed by atoms with van der Waals surface area (Å²) in [7, 11) is 0. The number of piperazine rings is 1. The number of hydrogen-bond acceptors (Lipinski definition) is 7. The van der Waals surface area contributed by atoms with Crippen molar-refractivity contribution < 1.29 is 14.1 Å². The maximum absolute atomic E-state index is 13.1. The van der Waals surface area contributed by atoms with Gasteiger partial charge in [0.1, 0.15) is 0 Å². The van der Waals surface area contributed by atoms with Gasteiger partial charge in [0, 0.05) is 62.2 Å². The first-order chi connectivity index (χ1) is 18.2. The Morgan fingerprint density at radius 3 is 2.11 bits per heavy atom. The van der Waals surface area contributed by atoms with Gasteiger partial charge in [0.25, 0.3) is 11.8 Å². The number of amides is 2. The lowest BCUT2D eigenvalue weighted by Crippen LogP contribution is -2.50. The fourth-order valence-electron chi connectivity index (χ4n) is 5.24. The van der Waals surface area contributed by atoms with Crippen LogP contribution in [0.25, 0.3) is 10.8 Å². The van der Waals surface area contributed by atoms with E-state index in [1.807, 2.05) is 54.6 Å². The highest BCUT2D eigenvalue weighted by molar-refractivity contribution is 6.25. The van der Waals surface area contributed by atoms with Crippen molar-refractivity contribution >= 4 is 22.6 Å². The normalized spacial score (nSPS) is 16.6. The van der Waals surface area contributed by atoms with Gasteiger partial charge in [-0.3, -0.25) is 24.3 Å². The van der Waals surface area contributed by atoms with Crippen LogP contribution in [0.15, 0.2) is 71.3 Å². The lowest BCUT2D eigenvalue weighted by molar-refractivity contribution is 0.0566. The van der Waals surface area contributed by atoms with Crippen LogP contribution in [0, 0.1) is 0 Å². The summed E-state index contributed by atoms with van der Waals surface area (Å²) in [6, 6.07) is 21.6. The van der Waals surface area contributed by atoms with Crippen LogP contribution in [0.4, 0.5) is 0 Å². The smallest absolute Gasteiger partial charge is 0.261 e. The first kappa shape index (κ1) is 23.5. The van der Waals surface area contributed by atoms with E-state index >= 15 is 0 Å². The first-order valence-corrected chi connectivity index (χ1v) is 12.8. The third-order valence-electron chi connectivity index (χ3n) is 7.31. The van der Waals surface area contributed by atoms with Crippen molar-refractivity contribution in [2.24, 2.45) is 0 Å². The molecule has 0 aliphatic carbocycles. The molecule has 1 aromatic heterocycles. The van der Waals surface area contributed by atoms with Gasteiger partial charge in [0.15, 0.2) is 5.82 Å². The Kier molecular flexibility index (Phi) is 6.51. The predicted molar refractivity (Wildman–Crippen MR) is 139 cm³/mol. The number of carbonyl (C=O) groups is 2. The molecule has 8 heteroatoms. The first-order valence-electron chi connectivity index (χ1n) is 12.8. The fourth-order valence-corrected chi connectivity index (χ4v) is 5.24. The molecule has 1 fully saturated rings. The second kappa shape index (κ2) is 10.2. The van der Waals surface area contributed by atoms with E-state index in [0.717, 1.165) is 55.6 Å². The molecule has 0 bridgehead atoms. The van der Waals surface area contributed by atoms with Gasteiger partial charge in [0.2, 0.25) is 5.89 Å². The molecule has 2 aliphatic rings. The van der Waals surface area contributed by atoms with Crippen LogP contribution in [0.5, 0.6) is 0 Å². The molecule has 37 heavy (non-hydrogen) atoms. The Balaban J connectivity index is 0.993. The van der Waals surface area contributed by atoms with Crippen molar-refractivity contribution in [3.63, 3.8) is 0 Å². The van der Waals surface area contributed by atoms with Gasteiger partial charge in [-0.15, -0.1) is 0 Å². The minimum Gasteiger partial charge on any atom is -0.338 e. The number of rotatable bonds is 8. The summed E-state index contributed by atoms with van der Waals surface area (Å²) in [4.78, 5) is 36.8. The summed E-state index contributed by atoms with van der Waals surface area (Å²) in [6.07, 6.45) is 1.65. The molecule has 4 aromatic rings. The summed E-state index contributed by atoms with van der Waals surface area (Å²) in [5.41, 5.74) is 2.49. The Morgan fingerprint density at radius 2 is 1.41 bits per heavy atom. The zero-order valence-corrected chi connectivity index (χ0v) is 20.7. The van der Waals surface area contributed by atoms with E-state index in [1.54, 1.807) is 0 Å². The number of benzene rings is 3. The number of hydrogen-bond donors (Lipinski definition) is 0. The molecule has 0 unspecified atom stereocenters. The minimum absolute atomic E-state index is 0.201. The van der Waals surface area contributed by atoms with Gasteiger partial charge in [-0.2, -0.15) is 4.98 Å². The van der Waals surface area contributed by atoms with Crippen molar-refractivity contribution in [3.05, 3.63) is 95.1 Å². The Labute approximate surface area is 215 Å². The van der Waals surface area contributed by atoms with E-state index in [9.17, 15) is 9.59 Å². The third kappa shape index (κ3) is 4.90. The minimum atomic E-state index is -0.201. The van der Waals surface area contributed by atoms with Crippen molar-refractivity contribution in [1.29, 1.82) is 0 Å². The lowest BCUT2D eigenvalue weighted by atomic mass is 9.94. The average molecular weight is 496 g/mol. The van der Waals surface area contributed by atoms with Crippen molar-refractivity contribution in [1.82, 2.24) is 24.8 Å². The van der Waals surface area contributed by atoms with E-state index in [4.69, 9.17) is 4.52 Å². The predicted octanol–water partition coefficient (Wildman–Crippen LogP) is 3.42. The molecule has 3 aromatic carbocycles. The van der Waals surface area contributed by atoms with E-state index in [-0.39, 0.29) is 11.8 Å². The zero-order valence-electron chi connectivity index (χ0n) is 20.7. The van der Waals surface area contributed by atoms with Crippen molar-refractivity contribution in [3.8, 4) is 0 Å². The molecule has 2 amide bonds. The fraction of sp³-hybridized carbons (Fsp3) is 0.310. The molecular weight excluding hydrogens is 466 g/mol. The number of aromatic nitrogens is 2. The Morgan fingerprint density at radius 1 is 0.730 bits per heavy atom. The van der Waals surface area contributed by atoms with Crippen LogP contribution < -0.4 is 0 Å². The molecule has 8 nitrogen and oxygen atoms in total. The van der Waals surface area contributed by atoms with Crippen LogP contribution in [0.2, 0.25) is 0 Å². The van der Waals surface area contributed by atoms with Crippen LogP contribution in [0.3, 0.4) is 0 Å². The van der Waals surface area contributed by atoms with Crippen LogP contribution in [-0.4, -0.2) is 75.9 Å². The van der Waals surface area contributed by atoms with Gasteiger partial charge in [-0.25, -0.2) is 0 Å². The number of imide groups is 1. The maximum Gasteiger partial charge on any atom is 0.261 e. The molecule has 0 N–H and O–H groups in total. The highest BCUT2D eigenvalue weighted by atomic mass is 16.5. The van der Waals surface area contributed by atoms with E-state index in [2.05, 4.69) is 32.1 Å². The molecule has 0 atom stereocenters. The quantitative estimate of drug-likeness (QED) is 0.347. The van der Waals surface area contributed by atoms with E-state index in [1.165, 1.54) is 10.5 Å². The number of nitrogens with zero attached hydrogens (tertiary/aromatic N) is 5. The third-order valence-corrected chi connectivity index (χ3v) is 7.31. The molecule has 188 valence electrons. The largest absolute Gasteiger partial charge is 0.338 e. The standard InChI is InChI=1S/C29H29N5O3/c35-28-23-10-4-8-22-9-5-11-24(27(22)23)29(36)34(28)19-18-32-14-16-33(17-15-32)20-26-30-25(31-37-26)13-12-21-6-2-1-3-7-21/h1-11H,12-20H2. The molecular formula is C29H29N5O3. The molecule has 0 saturated carbocycles. The molecule has 3 heterocycles. The molecule has 1 saturated heterocycles.